The van der Waals surface area contributed by atoms with Crippen LogP contribution in [0.25, 0.3) is 0 Å². The van der Waals surface area contributed by atoms with E-state index in [9.17, 15) is 44.6 Å². The lowest BCUT2D eigenvalue weighted by atomic mass is 9.85. The molecule has 6 N–H and O–H groups in total. The SMILES string of the molecule is CCCCCC=CCC=CCC=CCCCCCCC(=O)OC[C@H](COP(=O)(O)OC1C(O)C(O)C(O)[C@@H](O)C1O)OC(=O)CCCC=CCC=CCC=CCCCCCCCC. The van der Waals surface area contributed by atoms with Crippen LogP contribution in [-0.4, -0.2) is 98.3 Å². The predicted octanol–water partition coefficient (Wildman–Crippen LogP) is 9.50. The molecule has 0 heterocycles. The standard InChI is InChI=1S/C49H83O13P/c1-3-5-7-9-11-13-15-17-19-21-23-25-27-29-31-33-35-37-42(50)59-39-41(40-60-63(57,58)62-49-47(55)45(53)44(52)46(54)48(49)56)61-43(51)38-36-34-32-30-28-26-24-22-20-18-16-14-12-10-8-6-4-2/h11,13,17-20,23-26,30,32,41,44-49,52-56H,3-10,12,14-16,21-22,27-29,31,33-40H2,1-2H3,(H,57,58)/t41-,44?,45-,46?,47?,48?,49?/m1/s1. The number of unbranched alkanes of at least 4 members (excludes halogenated alkanes) is 14. The van der Waals surface area contributed by atoms with Crippen molar-refractivity contribution in [1.29, 1.82) is 0 Å². The van der Waals surface area contributed by atoms with E-state index in [1.165, 1.54) is 57.8 Å². The van der Waals surface area contributed by atoms with Crippen molar-refractivity contribution in [2.24, 2.45) is 0 Å². The molecule has 13 nitrogen and oxygen atoms in total. The number of phosphoric ester groups is 1. The molecule has 63 heavy (non-hydrogen) atoms. The largest absolute Gasteiger partial charge is 0.472 e. The molecule has 1 rings (SSSR count). The first-order valence-corrected chi connectivity index (χ1v) is 25.2. The zero-order valence-corrected chi connectivity index (χ0v) is 39.2. The molecule has 6 unspecified atom stereocenters. The first-order valence-electron chi connectivity index (χ1n) is 23.7. The Kier molecular flexibility index (Phi) is 35.7. The van der Waals surface area contributed by atoms with Crippen molar-refractivity contribution in [3.05, 3.63) is 72.9 Å². The smallest absolute Gasteiger partial charge is 0.462 e. The van der Waals surface area contributed by atoms with E-state index in [0.717, 1.165) is 64.2 Å². The van der Waals surface area contributed by atoms with Crippen LogP contribution in [0.1, 0.15) is 168 Å². The minimum absolute atomic E-state index is 0.0165. The Balaban J connectivity index is 2.51. The molecule has 362 valence electrons. The molecular weight excluding hydrogens is 827 g/mol. The van der Waals surface area contributed by atoms with Crippen LogP contribution >= 0.6 is 7.82 Å². The lowest BCUT2D eigenvalue weighted by molar-refractivity contribution is -0.220. The molecule has 14 heteroatoms. The van der Waals surface area contributed by atoms with E-state index < -0.39 is 75.7 Å². The number of ether oxygens (including phenoxy) is 2. The second kappa shape index (κ2) is 38.5. The number of phosphoric acid groups is 1. The van der Waals surface area contributed by atoms with Crippen molar-refractivity contribution < 1.29 is 63.1 Å². The highest BCUT2D eigenvalue weighted by molar-refractivity contribution is 7.47. The van der Waals surface area contributed by atoms with Crippen LogP contribution in [0.5, 0.6) is 0 Å². The molecule has 0 radical (unpaired) electrons. The van der Waals surface area contributed by atoms with Gasteiger partial charge in [0.15, 0.2) is 6.10 Å². The van der Waals surface area contributed by atoms with Gasteiger partial charge in [-0.05, 0) is 83.5 Å². The van der Waals surface area contributed by atoms with E-state index in [1.807, 2.05) is 12.2 Å². The van der Waals surface area contributed by atoms with Gasteiger partial charge < -0.3 is 39.9 Å². The van der Waals surface area contributed by atoms with Crippen molar-refractivity contribution in [2.45, 2.75) is 211 Å². The molecular formula is C49H83O13P. The van der Waals surface area contributed by atoms with Gasteiger partial charge in [-0.1, -0.05) is 145 Å². The topological polar surface area (TPSA) is 210 Å². The molecule has 1 fully saturated rings. The van der Waals surface area contributed by atoms with Gasteiger partial charge in [0.25, 0.3) is 0 Å². The Labute approximate surface area is 378 Å². The highest BCUT2D eigenvalue weighted by Gasteiger charge is 2.51. The number of rotatable bonds is 38. The molecule has 1 saturated carbocycles. The van der Waals surface area contributed by atoms with E-state index in [0.29, 0.717) is 19.3 Å². The second-order valence-corrected chi connectivity index (χ2v) is 17.7. The van der Waals surface area contributed by atoms with Gasteiger partial charge >= 0.3 is 19.8 Å². The van der Waals surface area contributed by atoms with Crippen molar-refractivity contribution >= 4 is 19.8 Å². The van der Waals surface area contributed by atoms with E-state index in [1.54, 1.807) is 0 Å². The Morgan fingerprint density at radius 1 is 0.492 bits per heavy atom. The molecule has 0 bridgehead atoms. The summed E-state index contributed by atoms with van der Waals surface area (Å²) in [6.07, 6.45) is 35.3. The number of aliphatic hydroxyl groups excluding tert-OH is 5. The van der Waals surface area contributed by atoms with Crippen LogP contribution in [0.15, 0.2) is 72.9 Å². The summed E-state index contributed by atoms with van der Waals surface area (Å²) in [7, 11) is -5.14. The maximum Gasteiger partial charge on any atom is 0.472 e. The van der Waals surface area contributed by atoms with Gasteiger partial charge in [-0.25, -0.2) is 4.57 Å². The molecule has 1 aliphatic rings. The van der Waals surface area contributed by atoms with Crippen LogP contribution in [0, 0.1) is 0 Å². The fraction of sp³-hybridized carbons (Fsp3) is 0.714. The Morgan fingerprint density at radius 3 is 1.38 bits per heavy atom. The van der Waals surface area contributed by atoms with Crippen LogP contribution in [-0.2, 0) is 32.7 Å². The number of allylic oxidation sites excluding steroid dienone is 12. The molecule has 0 aromatic carbocycles. The van der Waals surface area contributed by atoms with Crippen molar-refractivity contribution in [1.82, 2.24) is 0 Å². The third-order valence-electron chi connectivity index (χ3n) is 10.5. The molecule has 0 saturated heterocycles. The summed E-state index contributed by atoms with van der Waals surface area (Å²) < 4.78 is 33.5. The molecule has 8 atom stereocenters. The van der Waals surface area contributed by atoms with Gasteiger partial charge in [-0.3, -0.25) is 18.6 Å². The summed E-state index contributed by atoms with van der Waals surface area (Å²) >= 11 is 0. The minimum Gasteiger partial charge on any atom is -0.462 e. The fourth-order valence-corrected chi connectivity index (χ4v) is 7.63. The molecule has 0 aliphatic heterocycles. The second-order valence-electron chi connectivity index (χ2n) is 16.3. The van der Waals surface area contributed by atoms with Crippen LogP contribution in [0.4, 0.5) is 0 Å². The van der Waals surface area contributed by atoms with E-state index in [4.69, 9.17) is 18.5 Å². The van der Waals surface area contributed by atoms with Crippen LogP contribution in [0.2, 0.25) is 0 Å². The molecule has 0 amide bonds. The Morgan fingerprint density at radius 2 is 0.873 bits per heavy atom. The average molecular weight is 911 g/mol. The van der Waals surface area contributed by atoms with Gasteiger partial charge in [0.1, 0.15) is 43.2 Å². The summed E-state index contributed by atoms with van der Waals surface area (Å²) in [4.78, 5) is 35.7. The number of carbonyl (C=O) groups excluding carboxylic acids is 2. The number of aliphatic hydroxyl groups is 5. The maximum atomic E-state index is 12.8. The Hall–Kier alpha value is -2.71. The van der Waals surface area contributed by atoms with E-state index in [2.05, 4.69) is 74.6 Å². The summed E-state index contributed by atoms with van der Waals surface area (Å²) in [6.45, 7) is 3.20. The van der Waals surface area contributed by atoms with Gasteiger partial charge in [0.05, 0.1) is 6.61 Å². The number of carbonyl (C=O) groups is 2. The lowest BCUT2D eigenvalue weighted by Crippen LogP contribution is -2.64. The van der Waals surface area contributed by atoms with E-state index >= 15 is 0 Å². The zero-order valence-electron chi connectivity index (χ0n) is 38.3. The number of esters is 2. The first kappa shape index (κ1) is 58.3. The van der Waals surface area contributed by atoms with Gasteiger partial charge in [0.2, 0.25) is 0 Å². The third kappa shape index (κ3) is 31.0. The normalized spacial score (nSPS) is 22.3. The zero-order chi connectivity index (χ0) is 46.4. The summed E-state index contributed by atoms with van der Waals surface area (Å²) in [5.41, 5.74) is 0. The highest BCUT2D eigenvalue weighted by Crippen LogP contribution is 2.47. The van der Waals surface area contributed by atoms with Crippen molar-refractivity contribution in [3.8, 4) is 0 Å². The fourth-order valence-electron chi connectivity index (χ4n) is 6.66. The molecule has 0 aromatic heterocycles. The lowest BCUT2D eigenvalue weighted by Gasteiger charge is -2.41. The van der Waals surface area contributed by atoms with Crippen LogP contribution < -0.4 is 0 Å². The average Bonchev–Trinajstić information content (AvgIpc) is 3.26. The quantitative estimate of drug-likeness (QED) is 0.0148. The van der Waals surface area contributed by atoms with Crippen molar-refractivity contribution in [2.75, 3.05) is 13.2 Å². The first-order chi connectivity index (χ1) is 30.4. The minimum atomic E-state index is -5.14. The monoisotopic (exact) mass is 911 g/mol. The van der Waals surface area contributed by atoms with Crippen LogP contribution in [0.3, 0.4) is 0 Å². The van der Waals surface area contributed by atoms with Gasteiger partial charge in [-0.15, -0.1) is 0 Å². The predicted molar refractivity (Wildman–Crippen MR) is 249 cm³/mol. The van der Waals surface area contributed by atoms with E-state index in [-0.39, 0.29) is 12.8 Å². The maximum absolute atomic E-state index is 12.8. The summed E-state index contributed by atoms with van der Waals surface area (Å²) in [5, 5.41) is 50.2. The third-order valence-corrected chi connectivity index (χ3v) is 11.5. The van der Waals surface area contributed by atoms with Gasteiger partial charge in [0, 0.05) is 12.8 Å². The summed E-state index contributed by atoms with van der Waals surface area (Å²) in [5.74, 6) is -1.19. The molecule has 1 aliphatic carbocycles. The summed E-state index contributed by atoms with van der Waals surface area (Å²) in [6, 6.07) is 0. The number of hydrogen-bond acceptors (Lipinski definition) is 12. The number of hydrogen-bond donors (Lipinski definition) is 6. The molecule has 0 spiro atoms. The van der Waals surface area contributed by atoms with Crippen molar-refractivity contribution in [3.63, 3.8) is 0 Å². The molecule has 0 aromatic rings. The highest BCUT2D eigenvalue weighted by atomic mass is 31.2. The Bertz CT molecular complexity index is 1380. The van der Waals surface area contributed by atoms with Gasteiger partial charge in [-0.2, -0.15) is 0 Å².